The van der Waals surface area contributed by atoms with E-state index in [-0.39, 0.29) is 11.7 Å². The van der Waals surface area contributed by atoms with Crippen LogP contribution in [-0.4, -0.2) is 29.0 Å². The van der Waals surface area contributed by atoms with Crippen molar-refractivity contribution < 1.29 is 9.90 Å². The largest absolute Gasteiger partial charge is 0.507 e. The molecule has 1 aliphatic heterocycles. The Bertz CT molecular complexity index is 460. The number of aromatic hydroxyl groups is 1. The van der Waals surface area contributed by atoms with Crippen LogP contribution in [0.25, 0.3) is 0 Å². The van der Waals surface area contributed by atoms with Gasteiger partial charge in [0.15, 0.2) is 0 Å². The Morgan fingerprint density at radius 2 is 1.95 bits per heavy atom. The zero-order chi connectivity index (χ0) is 14.0. The Balaban J connectivity index is 2.07. The van der Waals surface area contributed by atoms with Crippen molar-refractivity contribution in [1.29, 1.82) is 0 Å². The highest BCUT2D eigenvalue weighted by Crippen LogP contribution is 2.27. The quantitative estimate of drug-likeness (QED) is 0.888. The molecule has 1 amide bonds. The highest BCUT2D eigenvalue weighted by molar-refractivity contribution is 5.97. The maximum absolute atomic E-state index is 12.4. The molecule has 1 aromatic carbocycles. The number of likely N-dealkylation sites (tertiary alicyclic amines) is 1. The Morgan fingerprint density at radius 3 is 2.53 bits per heavy atom. The fraction of sp³-hybridized carbons (Fsp3) is 0.562. The second kappa shape index (κ2) is 5.64. The first-order valence-electron chi connectivity index (χ1n) is 7.08. The molecule has 1 saturated heterocycles. The topological polar surface area (TPSA) is 40.5 Å². The molecule has 0 atom stereocenters. The third kappa shape index (κ3) is 3.09. The predicted octanol–water partition coefficient (Wildman–Crippen LogP) is 3.21. The molecule has 0 aromatic heterocycles. The van der Waals surface area contributed by atoms with E-state index in [1.807, 2.05) is 17.9 Å². The summed E-state index contributed by atoms with van der Waals surface area (Å²) in [6, 6.07) is 5.19. The van der Waals surface area contributed by atoms with Gasteiger partial charge in [0.05, 0.1) is 5.56 Å². The number of rotatable bonds is 2. The van der Waals surface area contributed by atoms with Crippen LogP contribution in [0.15, 0.2) is 18.2 Å². The number of nitrogens with zero attached hydrogens (tertiary/aromatic N) is 1. The summed E-state index contributed by atoms with van der Waals surface area (Å²) in [6.07, 6.45) is 2.13. The Morgan fingerprint density at radius 1 is 1.32 bits per heavy atom. The van der Waals surface area contributed by atoms with Crippen molar-refractivity contribution in [2.75, 3.05) is 13.1 Å². The molecule has 0 radical (unpaired) electrons. The van der Waals surface area contributed by atoms with Crippen molar-refractivity contribution in [2.24, 2.45) is 11.8 Å². The predicted molar refractivity (Wildman–Crippen MR) is 76.3 cm³/mol. The summed E-state index contributed by atoms with van der Waals surface area (Å²) >= 11 is 0. The summed E-state index contributed by atoms with van der Waals surface area (Å²) in [5.41, 5.74) is 1.43. The summed E-state index contributed by atoms with van der Waals surface area (Å²) in [5.74, 6) is 1.45. The van der Waals surface area contributed by atoms with Gasteiger partial charge >= 0.3 is 0 Å². The molecule has 2 rings (SSSR count). The molecule has 0 aliphatic carbocycles. The van der Waals surface area contributed by atoms with E-state index in [1.54, 1.807) is 12.1 Å². The highest BCUT2D eigenvalue weighted by Gasteiger charge is 2.26. The molecular formula is C16H23NO2. The lowest BCUT2D eigenvalue weighted by Crippen LogP contribution is -2.39. The molecule has 1 aromatic rings. The van der Waals surface area contributed by atoms with Gasteiger partial charge in [-0.2, -0.15) is 0 Å². The molecule has 3 nitrogen and oxygen atoms in total. The minimum absolute atomic E-state index is 0.0385. The first-order valence-corrected chi connectivity index (χ1v) is 7.08. The van der Waals surface area contributed by atoms with E-state index in [4.69, 9.17) is 0 Å². The van der Waals surface area contributed by atoms with Crippen molar-refractivity contribution >= 4 is 5.91 Å². The monoisotopic (exact) mass is 261 g/mol. The molecule has 1 fully saturated rings. The maximum atomic E-state index is 12.4. The van der Waals surface area contributed by atoms with E-state index in [0.717, 1.165) is 37.4 Å². The highest BCUT2D eigenvalue weighted by atomic mass is 16.3. The Hall–Kier alpha value is -1.51. The van der Waals surface area contributed by atoms with Gasteiger partial charge in [-0.05, 0) is 43.7 Å². The van der Waals surface area contributed by atoms with Gasteiger partial charge in [0, 0.05) is 13.1 Å². The number of carbonyl (C=O) groups excluding carboxylic acids is 1. The van der Waals surface area contributed by atoms with Gasteiger partial charge in [-0.25, -0.2) is 0 Å². The van der Waals surface area contributed by atoms with Crippen molar-refractivity contribution in [3.8, 4) is 5.75 Å². The van der Waals surface area contributed by atoms with Crippen LogP contribution in [0.3, 0.4) is 0 Å². The molecule has 0 bridgehead atoms. The summed E-state index contributed by atoms with van der Waals surface area (Å²) in [7, 11) is 0. The number of benzene rings is 1. The van der Waals surface area contributed by atoms with Gasteiger partial charge in [0.2, 0.25) is 0 Å². The standard InChI is InChI=1S/C16H23NO2/c1-11(2)13-6-8-17(9-7-13)16(19)14-10-12(3)4-5-15(14)18/h4-5,10-11,13,18H,6-9H2,1-3H3. The van der Waals surface area contributed by atoms with Crippen molar-refractivity contribution in [3.63, 3.8) is 0 Å². The molecule has 19 heavy (non-hydrogen) atoms. The number of carbonyl (C=O) groups is 1. The summed E-state index contributed by atoms with van der Waals surface area (Å²) in [4.78, 5) is 14.3. The number of aryl methyl sites for hydroxylation is 1. The molecule has 1 N–H and O–H groups in total. The normalized spacial score (nSPS) is 16.9. The second-order valence-corrected chi connectivity index (χ2v) is 5.89. The van der Waals surface area contributed by atoms with E-state index >= 15 is 0 Å². The summed E-state index contributed by atoms with van der Waals surface area (Å²) in [6.45, 7) is 8.02. The molecule has 0 spiro atoms. The van der Waals surface area contributed by atoms with Crippen LogP contribution in [-0.2, 0) is 0 Å². The lowest BCUT2D eigenvalue weighted by Gasteiger charge is -2.34. The number of piperidine rings is 1. The first-order chi connectivity index (χ1) is 8.99. The molecule has 104 valence electrons. The molecule has 1 aliphatic rings. The van der Waals surface area contributed by atoms with E-state index < -0.39 is 0 Å². The van der Waals surface area contributed by atoms with Crippen LogP contribution in [0.5, 0.6) is 5.75 Å². The van der Waals surface area contributed by atoms with Gasteiger partial charge in [-0.15, -0.1) is 0 Å². The molecule has 0 unspecified atom stereocenters. The smallest absolute Gasteiger partial charge is 0.257 e. The molecular weight excluding hydrogens is 238 g/mol. The van der Waals surface area contributed by atoms with E-state index in [2.05, 4.69) is 13.8 Å². The van der Waals surface area contributed by atoms with Crippen LogP contribution in [0.2, 0.25) is 0 Å². The van der Waals surface area contributed by atoms with Crippen molar-refractivity contribution in [2.45, 2.75) is 33.6 Å². The number of hydrogen-bond acceptors (Lipinski definition) is 2. The van der Waals surface area contributed by atoms with Gasteiger partial charge < -0.3 is 10.0 Å². The Labute approximate surface area is 115 Å². The van der Waals surface area contributed by atoms with Gasteiger partial charge in [-0.3, -0.25) is 4.79 Å². The maximum Gasteiger partial charge on any atom is 0.257 e. The summed E-state index contributed by atoms with van der Waals surface area (Å²) < 4.78 is 0. The van der Waals surface area contributed by atoms with Crippen molar-refractivity contribution in [1.82, 2.24) is 4.90 Å². The number of phenolic OH excluding ortho intramolecular Hbond substituents is 1. The number of amides is 1. The van der Waals surface area contributed by atoms with E-state index in [9.17, 15) is 9.90 Å². The van der Waals surface area contributed by atoms with Crippen LogP contribution < -0.4 is 0 Å². The molecule has 0 saturated carbocycles. The van der Waals surface area contributed by atoms with Gasteiger partial charge in [0.1, 0.15) is 5.75 Å². The van der Waals surface area contributed by atoms with Crippen LogP contribution in [0, 0.1) is 18.8 Å². The third-order valence-corrected chi connectivity index (χ3v) is 4.15. The number of hydrogen-bond donors (Lipinski definition) is 1. The van der Waals surface area contributed by atoms with Gasteiger partial charge in [0.25, 0.3) is 5.91 Å². The minimum atomic E-state index is -0.0385. The zero-order valence-electron chi connectivity index (χ0n) is 12.0. The SMILES string of the molecule is Cc1ccc(O)c(C(=O)N2CCC(C(C)C)CC2)c1. The average Bonchev–Trinajstić information content (AvgIpc) is 2.41. The van der Waals surface area contributed by atoms with E-state index in [0.29, 0.717) is 11.5 Å². The van der Waals surface area contributed by atoms with Gasteiger partial charge in [-0.1, -0.05) is 25.5 Å². The minimum Gasteiger partial charge on any atom is -0.507 e. The zero-order valence-corrected chi connectivity index (χ0v) is 12.0. The fourth-order valence-electron chi connectivity index (χ4n) is 2.76. The van der Waals surface area contributed by atoms with Crippen LogP contribution >= 0.6 is 0 Å². The first kappa shape index (κ1) is 13.9. The number of phenols is 1. The summed E-state index contributed by atoms with van der Waals surface area (Å²) in [5, 5.41) is 9.83. The van der Waals surface area contributed by atoms with Crippen molar-refractivity contribution in [3.05, 3.63) is 29.3 Å². The lowest BCUT2D eigenvalue weighted by molar-refractivity contribution is 0.0664. The van der Waals surface area contributed by atoms with Crippen LogP contribution in [0.1, 0.15) is 42.6 Å². The lowest BCUT2D eigenvalue weighted by atomic mass is 9.86. The van der Waals surface area contributed by atoms with Crippen LogP contribution in [0.4, 0.5) is 0 Å². The second-order valence-electron chi connectivity index (χ2n) is 5.89. The Kier molecular flexibility index (Phi) is 4.13. The molecule has 1 heterocycles. The fourth-order valence-corrected chi connectivity index (χ4v) is 2.76. The average molecular weight is 261 g/mol. The molecule has 3 heteroatoms. The van der Waals surface area contributed by atoms with E-state index in [1.165, 1.54) is 0 Å². The third-order valence-electron chi connectivity index (χ3n) is 4.15.